The van der Waals surface area contributed by atoms with Crippen LogP contribution >= 0.6 is 0 Å². The topological polar surface area (TPSA) is 50.9 Å². The molecule has 1 N–H and O–H groups in total. The van der Waals surface area contributed by atoms with Crippen LogP contribution in [-0.4, -0.2) is 19.6 Å². The number of hydrogen-bond donors (Lipinski definition) is 1. The van der Waals surface area contributed by atoms with Crippen molar-refractivity contribution in [2.75, 3.05) is 0 Å². The fourth-order valence-electron chi connectivity index (χ4n) is 7.33. The summed E-state index contributed by atoms with van der Waals surface area (Å²) in [7, 11) is 0. The van der Waals surface area contributed by atoms with E-state index in [4.69, 9.17) is 9.97 Å². The Kier molecular flexibility index (Phi) is 10.4. The number of rotatable bonds is 10. The van der Waals surface area contributed by atoms with Crippen molar-refractivity contribution in [3.8, 4) is 67.6 Å². The number of aromatic nitrogens is 3. The number of aromatic hydroxyl groups is 1. The van der Waals surface area contributed by atoms with Gasteiger partial charge in [-0.1, -0.05) is 134 Å². The zero-order valence-corrected chi connectivity index (χ0v) is 32.8. The van der Waals surface area contributed by atoms with Crippen LogP contribution in [0.1, 0.15) is 101 Å². The summed E-state index contributed by atoms with van der Waals surface area (Å²) in [6.07, 6.45) is 3.99. The second-order valence-electron chi connectivity index (χ2n) is 15.7. The van der Waals surface area contributed by atoms with Crippen LogP contribution in [0.4, 0.5) is 0 Å². The predicted molar refractivity (Wildman–Crippen MR) is 227 cm³/mol. The summed E-state index contributed by atoms with van der Waals surface area (Å²) in [5.74, 6) is 2.55. The van der Waals surface area contributed by atoms with Crippen molar-refractivity contribution < 1.29 is 5.11 Å². The van der Waals surface area contributed by atoms with Crippen molar-refractivity contribution in [2.24, 2.45) is 0 Å². The van der Waals surface area contributed by atoms with Gasteiger partial charge in [0.25, 0.3) is 0 Å². The van der Waals surface area contributed by atoms with E-state index in [1.807, 2.05) is 30.5 Å². The molecule has 2 aromatic heterocycles. The second-order valence-corrected chi connectivity index (χ2v) is 15.7. The molecular weight excluding hydrogens is 659 g/mol. The smallest absolute Gasteiger partial charge is 0.144 e. The van der Waals surface area contributed by atoms with Crippen LogP contribution in [-0.2, 0) is 0 Å². The Bertz CT molecular complexity index is 2360. The molecule has 0 amide bonds. The Morgan fingerprint density at radius 3 is 1.72 bits per heavy atom. The molecule has 0 radical (unpaired) electrons. The van der Waals surface area contributed by atoms with Gasteiger partial charge >= 0.3 is 0 Å². The molecule has 0 bridgehead atoms. The minimum Gasteiger partial charge on any atom is -0.507 e. The highest BCUT2D eigenvalue weighted by atomic mass is 16.3. The van der Waals surface area contributed by atoms with E-state index >= 15 is 0 Å². The Labute approximate surface area is 321 Å². The highest BCUT2D eigenvalue weighted by molar-refractivity contribution is 5.79. The molecule has 54 heavy (non-hydrogen) atoms. The van der Waals surface area contributed by atoms with Crippen LogP contribution < -0.4 is 0 Å². The zero-order chi connectivity index (χ0) is 38.1. The fraction of sp³-hybridized carbons (Fsp3) is 0.240. The molecule has 0 aliphatic rings. The lowest BCUT2D eigenvalue weighted by atomic mass is 9.88. The summed E-state index contributed by atoms with van der Waals surface area (Å²) in [6.45, 7) is 18.0. The van der Waals surface area contributed by atoms with Gasteiger partial charge in [0.1, 0.15) is 11.6 Å². The molecule has 0 saturated heterocycles. The van der Waals surface area contributed by atoms with E-state index in [1.165, 1.54) is 39.1 Å². The maximum Gasteiger partial charge on any atom is 0.144 e. The summed E-state index contributed by atoms with van der Waals surface area (Å²) >= 11 is 0. The third kappa shape index (κ3) is 7.39. The van der Waals surface area contributed by atoms with Crippen molar-refractivity contribution >= 4 is 0 Å². The minimum atomic E-state index is 0.212. The molecular formula is C50H51N3O. The van der Waals surface area contributed by atoms with Gasteiger partial charge in [-0.25, -0.2) is 9.97 Å². The molecule has 5 aromatic carbocycles. The predicted octanol–water partition coefficient (Wildman–Crippen LogP) is 13.8. The van der Waals surface area contributed by atoms with Gasteiger partial charge in [0.05, 0.1) is 17.1 Å². The molecule has 0 unspecified atom stereocenters. The number of imidazole rings is 1. The Morgan fingerprint density at radius 2 is 1.07 bits per heavy atom. The van der Waals surface area contributed by atoms with Crippen molar-refractivity contribution in [2.45, 2.75) is 79.1 Å². The van der Waals surface area contributed by atoms with E-state index < -0.39 is 0 Å². The molecule has 0 saturated carbocycles. The summed E-state index contributed by atoms with van der Waals surface area (Å²) in [4.78, 5) is 10.1. The molecule has 4 heteroatoms. The van der Waals surface area contributed by atoms with Crippen LogP contribution in [0.3, 0.4) is 0 Å². The number of phenolic OH excluding ortho intramolecular Hbond substituents is 1. The van der Waals surface area contributed by atoms with Crippen LogP contribution in [0, 0.1) is 0 Å². The van der Waals surface area contributed by atoms with Gasteiger partial charge in [0.2, 0.25) is 0 Å². The lowest BCUT2D eigenvalue weighted by Crippen LogP contribution is -2.08. The largest absolute Gasteiger partial charge is 0.507 e. The van der Waals surface area contributed by atoms with Gasteiger partial charge in [0.15, 0.2) is 0 Å². The quantitative estimate of drug-likeness (QED) is 0.154. The van der Waals surface area contributed by atoms with Crippen molar-refractivity contribution in [3.05, 3.63) is 156 Å². The maximum atomic E-state index is 11.1. The van der Waals surface area contributed by atoms with E-state index in [0.29, 0.717) is 29.2 Å². The number of phenols is 1. The van der Waals surface area contributed by atoms with E-state index in [1.54, 1.807) is 6.07 Å². The van der Waals surface area contributed by atoms with Crippen molar-refractivity contribution in [1.82, 2.24) is 14.5 Å². The first-order valence-electron chi connectivity index (χ1n) is 19.3. The van der Waals surface area contributed by atoms with Gasteiger partial charge in [-0.15, -0.1) is 0 Å². The average molecular weight is 710 g/mol. The molecule has 0 aliphatic heterocycles. The lowest BCUT2D eigenvalue weighted by Gasteiger charge is -2.24. The highest BCUT2D eigenvalue weighted by Crippen LogP contribution is 2.39. The highest BCUT2D eigenvalue weighted by Gasteiger charge is 2.21. The first-order chi connectivity index (χ1) is 26.0. The van der Waals surface area contributed by atoms with Gasteiger partial charge in [-0.2, -0.15) is 0 Å². The van der Waals surface area contributed by atoms with Gasteiger partial charge in [-0.05, 0) is 111 Å². The molecule has 7 rings (SSSR count). The molecule has 4 nitrogen and oxygen atoms in total. The lowest BCUT2D eigenvalue weighted by molar-refractivity contribution is 0.477. The minimum absolute atomic E-state index is 0.212. The summed E-state index contributed by atoms with van der Waals surface area (Å²) in [5.41, 5.74) is 15.4. The molecule has 0 spiro atoms. The van der Waals surface area contributed by atoms with Gasteiger partial charge in [-0.3, -0.25) is 4.57 Å². The monoisotopic (exact) mass is 709 g/mol. The zero-order valence-electron chi connectivity index (χ0n) is 32.8. The van der Waals surface area contributed by atoms with E-state index in [-0.39, 0.29) is 5.75 Å². The third-order valence-corrected chi connectivity index (χ3v) is 10.5. The molecule has 272 valence electrons. The normalized spacial score (nSPS) is 11.7. The molecule has 2 heterocycles. The summed E-state index contributed by atoms with van der Waals surface area (Å²) in [5, 5.41) is 11.1. The SMILES string of the molecule is CC(C)c1cc(-c2ccc(O)c(-c3cccc(-c4cccc(-c5nccn5-c5c(C(C)C)cc(-c6ccccc6)cc5C(C)C)c4)n3)c2)cc(C(C)C)c1. The van der Waals surface area contributed by atoms with Gasteiger partial charge in [0, 0.05) is 29.1 Å². The van der Waals surface area contributed by atoms with Crippen LogP contribution in [0.2, 0.25) is 0 Å². The van der Waals surface area contributed by atoms with Crippen LogP contribution in [0.15, 0.2) is 134 Å². The Morgan fingerprint density at radius 1 is 0.481 bits per heavy atom. The van der Waals surface area contributed by atoms with Gasteiger partial charge < -0.3 is 5.11 Å². The van der Waals surface area contributed by atoms with E-state index in [0.717, 1.165) is 39.5 Å². The van der Waals surface area contributed by atoms with Crippen molar-refractivity contribution in [3.63, 3.8) is 0 Å². The maximum absolute atomic E-state index is 11.1. The molecule has 0 fully saturated rings. The first-order valence-corrected chi connectivity index (χ1v) is 19.3. The van der Waals surface area contributed by atoms with Crippen LogP contribution in [0.5, 0.6) is 5.75 Å². The molecule has 7 aromatic rings. The number of nitrogens with zero attached hydrogens (tertiary/aromatic N) is 3. The number of benzene rings is 5. The van der Waals surface area contributed by atoms with Crippen LogP contribution in [0.25, 0.3) is 61.8 Å². The van der Waals surface area contributed by atoms with E-state index in [2.05, 4.69) is 157 Å². The third-order valence-electron chi connectivity index (χ3n) is 10.5. The van der Waals surface area contributed by atoms with E-state index in [9.17, 15) is 5.11 Å². The Balaban J connectivity index is 1.28. The first kappa shape index (κ1) is 36.6. The fourth-order valence-corrected chi connectivity index (χ4v) is 7.33. The summed E-state index contributed by atoms with van der Waals surface area (Å²) < 4.78 is 2.27. The number of pyridine rings is 1. The molecule has 0 aliphatic carbocycles. The summed E-state index contributed by atoms with van der Waals surface area (Å²) in [6, 6.07) is 42.6. The average Bonchev–Trinajstić information content (AvgIpc) is 3.67. The number of hydrogen-bond acceptors (Lipinski definition) is 3. The Hall–Kier alpha value is -5.74. The standard InChI is InChI=1S/C50H51N3O/c1-31(2)39-25-40(32(3)4)27-41(26-39)36-20-21-48(54)45(28-36)47-19-13-18-46(52-47)37-16-12-17-38(24-37)50-51-22-23-53(50)49-43(33(5)6)29-42(30-44(49)34(7)8)35-14-10-9-11-15-35/h9-34,54H,1-8H3. The van der Waals surface area contributed by atoms with Crippen molar-refractivity contribution in [1.29, 1.82) is 0 Å². The molecule has 0 atom stereocenters. The second kappa shape index (κ2) is 15.3.